The fraction of sp³-hybridized carbons (Fsp3) is 0.667. The van der Waals surface area contributed by atoms with E-state index in [1.54, 1.807) is 0 Å². The first-order chi connectivity index (χ1) is 12.2. The molecule has 2 aliphatic heterocycles. The van der Waals surface area contributed by atoms with E-state index in [0.717, 1.165) is 58.7 Å². The molecule has 0 bridgehead atoms. The van der Waals surface area contributed by atoms with Crippen molar-refractivity contribution >= 4 is 5.91 Å². The van der Waals surface area contributed by atoms with Crippen molar-refractivity contribution in [2.45, 2.75) is 44.6 Å². The van der Waals surface area contributed by atoms with Crippen molar-refractivity contribution < 1.29 is 9.53 Å². The minimum Gasteiger partial charge on any atom is -0.379 e. The average molecular weight is 342 g/mol. The quantitative estimate of drug-likeness (QED) is 0.843. The van der Waals surface area contributed by atoms with Crippen molar-refractivity contribution in [2.24, 2.45) is 5.92 Å². The van der Waals surface area contributed by atoms with Crippen LogP contribution in [0, 0.1) is 12.8 Å². The number of carbonyl (C=O) groups excluding carboxylic acids is 1. The van der Waals surface area contributed by atoms with Gasteiger partial charge in [0.2, 0.25) is 5.91 Å². The molecule has 0 spiro atoms. The Morgan fingerprint density at radius 2 is 1.96 bits per heavy atom. The van der Waals surface area contributed by atoms with Crippen LogP contribution in [0.25, 0.3) is 0 Å². The lowest BCUT2D eigenvalue weighted by Crippen LogP contribution is -2.51. The lowest BCUT2D eigenvalue weighted by molar-refractivity contribution is -0.137. The second-order valence-corrected chi connectivity index (χ2v) is 7.90. The smallest absolute Gasteiger partial charge is 0.226 e. The van der Waals surface area contributed by atoms with E-state index in [1.807, 2.05) is 0 Å². The molecule has 1 aromatic carbocycles. The zero-order valence-electron chi connectivity index (χ0n) is 15.3. The second kappa shape index (κ2) is 7.46. The van der Waals surface area contributed by atoms with E-state index in [1.165, 1.54) is 17.5 Å². The molecule has 2 saturated heterocycles. The molecule has 0 aromatic heterocycles. The first kappa shape index (κ1) is 17.0. The topological polar surface area (TPSA) is 32.8 Å². The van der Waals surface area contributed by atoms with Gasteiger partial charge in [0, 0.05) is 38.1 Å². The molecular weight excluding hydrogens is 312 g/mol. The number of aryl methyl sites for hydroxylation is 1. The van der Waals surface area contributed by atoms with Crippen molar-refractivity contribution in [3.8, 4) is 0 Å². The first-order valence-electron chi connectivity index (χ1n) is 9.90. The van der Waals surface area contributed by atoms with Gasteiger partial charge >= 0.3 is 0 Å². The summed E-state index contributed by atoms with van der Waals surface area (Å²) in [6, 6.07) is 8.95. The molecule has 1 aromatic rings. The summed E-state index contributed by atoms with van der Waals surface area (Å²) in [5.74, 6) is 1.07. The molecule has 3 unspecified atom stereocenters. The van der Waals surface area contributed by atoms with Crippen LogP contribution in [-0.2, 0) is 9.53 Å². The van der Waals surface area contributed by atoms with Crippen LogP contribution in [-0.4, -0.2) is 61.1 Å². The molecule has 1 aliphatic carbocycles. The molecule has 136 valence electrons. The Morgan fingerprint density at radius 1 is 1.16 bits per heavy atom. The van der Waals surface area contributed by atoms with Crippen molar-refractivity contribution in [2.75, 3.05) is 39.4 Å². The lowest BCUT2D eigenvalue weighted by atomic mass is 9.99. The predicted molar refractivity (Wildman–Crippen MR) is 98.6 cm³/mol. The molecule has 1 saturated carbocycles. The highest BCUT2D eigenvalue weighted by Gasteiger charge is 2.47. The summed E-state index contributed by atoms with van der Waals surface area (Å²) in [5.41, 5.74) is 2.70. The van der Waals surface area contributed by atoms with Crippen molar-refractivity contribution in [3.63, 3.8) is 0 Å². The number of rotatable bonds is 4. The third kappa shape index (κ3) is 3.75. The summed E-state index contributed by atoms with van der Waals surface area (Å²) in [5, 5.41) is 0. The number of hydrogen-bond donors (Lipinski definition) is 0. The highest BCUT2D eigenvalue weighted by atomic mass is 16.5. The maximum atomic E-state index is 13.2. The van der Waals surface area contributed by atoms with E-state index in [0.29, 0.717) is 17.9 Å². The van der Waals surface area contributed by atoms with Crippen molar-refractivity contribution in [1.29, 1.82) is 0 Å². The Hall–Kier alpha value is -1.39. The monoisotopic (exact) mass is 342 g/mol. The zero-order chi connectivity index (χ0) is 17.2. The Labute approximate surface area is 151 Å². The fourth-order valence-corrected chi connectivity index (χ4v) is 4.59. The molecular formula is C21H30N2O2. The fourth-order valence-electron chi connectivity index (χ4n) is 4.59. The molecule has 4 nitrogen and oxygen atoms in total. The van der Waals surface area contributed by atoms with E-state index in [9.17, 15) is 4.79 Å². The SMILES string of the molecule is Cc1ccccc1C1CC1C(=O)N1CCCCC1CN1CCOCC1. The molecule has 3 aliphatic rings. The second-order valence-electron chi connectivity index (χ2n) is 7.90. The normalized spacial score (nSPS) is 30.3. The zero-order valence-corrected chi connectivity index (χ0v) is 15.3. The third-order valence-electron chi connectivity index (χ3n) is 6.18. The predicted octanol–water partition coefficient (Wildman–Crippen LogP) is 2.81. The van der Waals surface area contributed by atoms with E-state index >= 15 is 0 Å². The third-order valence-corrected chi connectivity index (χ3v) is 6.18. The van der Waals surface area contributed by atoms with Gasteiger partial charge in [-0.2, -0.15) is 0 Å². The highest BCUT2D eigenvalue weighted by Crippen LogP contribution is 2.49. The number of piperidine rings is 1. The van der Waals surface area contributed by atoms with E-state index < -0.39 is 0 Å². The van der Waals surface area contributed by atoms with Gasteiger partial charge in [-0.05, 0) is 49.7 Å². The summed E-state index contributed by atoms with van der Waals surface area (Å²) in [7, 11) is 0. The summed E-state index contributed by atoms with van der Waals surface area (Å²) >= 11 is 0. The van der Waals surface area contributed by atoms with Gasteiger partial charge in [-0.15, -0.1) is 0 Å². The number of ether oxygens (including phenoxy) is 1. The summed E-state index contributed by atoms with van der Waals surface area (Å²) in [6.45, 7) is 7.82. The van der Waals surface area contributed by atoms with Gasteiger partial charge in [-0.1, -0.05) is 24.3 Å². The van der Waals surface area contributed by atoms with Crippen LogP contribution in [0.1, 0.15) is 42.7 Å². The molecule has 4 rings (SSSR count). The number of hydrogen-bond acceptors (Lipinski definition) is 3. The number of nitrogens with zero attached hydrogens (tertiary/aromatic N) is 2. The molecule has 4 heteroatoms. The lowest BCUT2D eigenvalue weighted by Gasteiger charge is -2.40. The van der Waals surface area contributed by atoms with Gasteiger partial charge in [0.05, 0.1) is 13.2 Å². The van der Waals surface area contributed by atoms with Gasteiger partial charge in [-0.3, -0.25) is 9.69 Å². The molecule has 0 radical (unpaired) electrons. The number of carbonyl (C=O) groups is 1. The molecule has 0 N–H and O–H groups in total. The molecule has 3 atom stereocenters. The van der Waals surface area contributed by atoms with E-state index in [2.05, 4.69) is 41.0 Å². The Morgan fingerprint density at radius 3 is 2.76 bits per heavy atom. The van der Waals surface area contributed by atoms with Gasteiger partial charge in [0.15, 0.2) is 0 Å². The Bertz CT molecular complexity index is 612. The van der Waals surface area contributed by atoms with Crippen LogP contribution < -0.4 is 0 Å². The maximum absolute atomic E-state index is 13.2. The van der Waals surface area contributed by atoms with Crippen LogP contribution in [0.15, 0.2) is 24.3 Å². The van der Waals surface area contributed by atoms with Crippen LogP contribution in [0.3, 0.4) is 0 Å². The maximum Gasteiger partial charge on any atom is 0.226 e. The largest absolute Gasteiger partial charge is 0.379 e. The van der Waals surface area contributed by atoms with Gasteiger partial charge in [-0.25, -0.2) is 0 Å². The van der Waals surface area contributed by atoms with Crippen LogP contribution in [0.5, 0.6) is 0 Å². The van der Waals surface area contributed by atoms with Crippen LogP contribution >= 0.6 is 0 Å². The molecule has 25 heavy (non-hydrogen) atoms. The Kier molecular flexibility index (Phi) is 5.09. The summed E-state index contributed by atoms with van der Waals surface area (Å²) < 4.78 is 5.46. The van der Waals surface area contributed by atoms with Gasteiger partial charge in [0.25, 0.3) is 0 Å². The standard InChI is InChI=1S/C21H30N2O2/c1-16-6-2-3-8-18(16)19-14-20(19)21(24)23-9-5-4-7-17(23)15-22-10-12-25-13-11-22/h2-3,6,8,17,19-20H,4-5,7,9-15H2,1H3. The van der Waals surface area contributed by atoms with Crippen LogP contribution in [0.4, 0.5) is 0 Å². The number of morpholine rings is 1. The van der Waals surface area contributed by atoms with Crippen molar-refractivity contribution in [1.82, 2.24) is 9.80 Å². The summed E-state index contributed by atoms with van der Waals surface area (Å²) in [4.78, 5) is 17.9. The average Bonchev–Trinajstić information content (AvgIpc) is 3.43. The first-order valence-corrected chi connectivity index (χ1v) is 9.90. The van der Waals surface area contributed by atoms with Gasteiger partial charge in [0.1, 0.15) is 0 Å². The number of likely N-dealkylation sites (tertiary alicyclic amines) is 1. The molecule has 2 heterocycles. The van der Waals surface area contributed by atoms with Crippen molar-refractivity contribution in [3.05, 3.63) is 35.4 Å². The van der Waals surface area contributed by atoms with E-state index in [4.69, 9.17) is 4.74 Å². The highest BCUT2D eigenvalue weighted by molar-refractivity contribution is 5.83. The minimum atomic E-state index is 0.214. The van der Waals surface area contributed by atoms with Gasteiger partial charge < -0.3 is 9.64 Å². The Balaban J connectivity index is 1.40. The number of amides is 1. The van der Waals surface area contributed by atoms with Crippen LogP contribution in [0.2, 0.25) is 0 Å². The number of benzene rings is 1. The van der Waals surface area contributed by atoms with E-state index in [-0.39, 0.29) is 5.92 Å². The molecule has 1 amide bonds. The minimum absolute atomic E-state index is 0.214. The summed E-state index contributed by atoms with van der Waals surface area (Å²) in [6.07, 6.45) is 4.60. The molecule has 3 fully saturated rings.